The molecule has 0 aliphatic carbocycles. The van der Waals surface area contributed by atoms with Crippen molar-refractivity contribution in [3.05, 3.63) is 12.2 Å². The van der Waals surface area contributed by atoms with Crippen LogP contribution in [0.25, 0.3) is 0 Å². The van der Waals surface area contributed by atoms with Gasteiger partial charge in [-0.1, -0.05) is 12.2 Å². The average molecular weight is 270 g/mol. The Hall–Kier alpha value is -0.870. The second kappa shape index (κ2) is 8.33. The van der Waals surface area contributed by atoms with E-state index in [4.69, 9.17) is 4.74 Å². The lowest BCUT2D eigenvalue weighted by Crippen LogP contribution is -2.30. The summed E-state index contributed by atoms with van der Waals surface area (Å²) >= 11 is 0. The fraction of sp³-hybridized carbons (Fsp3) is 0.800. The molecule has 1 aliphatic heterocycles. The average Bonchev–Trinajstić information content (AvgIpc) is 2.35. The quantitative estimate of drug-likeness (QED) is 0.607. The molecule has 4 heteroatoms. The molecule has 4 atom stereocenters. The summed E-state index contributed by atoms with van der Waals surface area (Å²) in [4.78, 5) is 11.9. The molecule has 0 aromatic rings. The standard InChI is InChI=1S/C15H26O4/c1-11(16)7-6-9-13-8-4-3-5-10-14(17)12(2)15(18)19-13/h5,10-14,16-17H,3-4,6-9H2,1-2H3/b10-5-/t11-,12+,13-,14+/m0/s1. The molecule has 0 radical (unpaired) electrons. The Morgan fingerprint density at radius 1 is 1.53 bits per heavy atom. The maximum absolute atomic E-state index is 11.9. The van der Waals surface area contributed by atoms with Gasteiger partial charge in [0.25, 0.3) is 0 Å². The summed E-state index contributed by atoms with van der Waals surface area (Å²) in [6.07, 6.45) is 7.51. The molecule has 110 valence electrons. The first kappa shape index (κ1) is 16.2. The van der Waals surface area contributed by atoms with Crippen LogP contribution in [0.15, 0.2) is 12.2 Å². The summed E-state index contributed by atoms with van der Waals surface area (Å²) in [5.41, 5.74) is 0. The number of aliphatic hydroxyl groups excluding tert-OH is 2. The molecular weight excluding hydrogens is 244 g/mol. The Morgan fingerprint density at radius 3 is 2.95 bits per heavy atom. The molecule has 19 heavy (non-hydrogen) atoms. The topological polar surface area (TPSA) is 66.8 Å². The smallest absolute Gasteiger partial charge is 0.311 e. The molecule has 0 bridgehead atoms. The second-order valence-electron chi connectivity index (χ2n) is 5.48. The van der Waals surface area contributed by atoms with E-state index in [1.807, 2.05) is 6.08 Å². The van der Waals surface area contributed by atoms with Gasteiger partial charge in [0.1, 0.15) is 6.10 Å². The largest absolute Gasteiger partial charge is 0.462 e. The van der Waals surface area contributed by atoms with Crippen molar-refractivity contribution in [1.82, 2.24) is 0 Å². The number of allylic oxidation sites excluding steroid dienone is 1. The summed E-state index contributed by atoms with van der Waals surface area (Å²) in [7, 11) is 0. The Kier molecular flexibility index (Phi) is 7.10. The maximum Gasteiger partial charge on any atom is 0.311 e. The molecule has 0 saturated carbocycles. The van der Waals surface area contributed by atoms with Gasteiger partial charge in [-0.3, -0.25) is 4.79 Å². The van der Waals surface area contributed by atoms with E-state index in [2.05, 4.69) is 0 Å². The van der Waals surface area contributed by atoms with Crippen molar-refractivity contribution in [2.75, 3.05) is 0 Å². The third kappa shape index (κ3) is 6.21. The monoisotopic (exact) mass is 270 g/mol. The second-order valence-corrected chi connectivity index (χ2v) is 5.48. The Morgan fingerprint density at radius 2 is 2.26 bits per heavy atom. The fourth-order valence-electron chi connectivity index (χ4n) is 2.18. The number of esters is 1. The van der Waals surface area contributed by atoms with Gasteiger partial charge in [0.2, 0.25) is 0 Å². The normalized spacial score (nSPS) is 32.4. The van der Waals surface area contributed by atoms with Gasteiger partial charge in [-0.05, 0) is 52.4 Å². The van der Waals surface area contributed by atoms with Crippen molar-refractivity contribution in [2.45, 2.75) is 70.7 Å². The van der Waals surface area contributed by atoms with Gasteiger partial charge in [0.15, 0.2) is 0 Å². The first-order valence-corrected chi connectivity index (χ1v) is 7.24. The highest BCUT2D eigenvalue weighted by atomic mass is 16.5. The number of ether oxygens (including phenoxy) is 1. The Bertz CT molecular complexity index is 299. The minimum atomic E-state index is -0.760. The van der Waals surface area contributed by atoms with Crippen LogP contribution in [0.4, 0.5) is 0 Å². The van der Waals surface area contributed by atoms with E-state index in [1.165, 1.54) is 0 Å². The van der Waals surface area contributed by atoms with E-state index in [0.29, 0.717) is 0 Å². The van der Waals surface area contributed by atoms with Crippen LogP contribution in [-0.4, -0.2) is 34.5 Å². The van der Waals surface area contributed by atoms with Crippen LogP contribution in [-0.2, 0) is 9.53 Å². The number of hydrogen-bond donors (Lipinski definition) is 2. The zero-order valence-electron chi connectivity index (χ0n) is 11.9. The van der Waals surface area contributed by atoms with Crippen molar-refractivity contribution in [1.29, 1.82) is 0 Å². The van der Waals surface area contributed by atoms with E-state index in [0.717, 1.165) is 38.5 Å². The highest BCUT2D eigenvalue weighted by molar-refractivity contribution is 5.73. The van der Waals surface area contributed by atoms with Gasteiger partial charge in [-0.15, -0.1) is 0 Å². The van der Waals surface area contributed by atoms with Crippen LogP contribution in [0.5, 0.6) is 0 Å². The summed E-state index contributed by atoms with van der Waals surface area (Å²) in [6, 6.07) is 0. The molecule has 0 aromatic carbocycles. The van der Waals surface area contributed by atoms with E-state index < -0.39 is 12.0 Å². The molecule has 1 heterocycles. The van der Waals surface area contributed by atoms with E-state index in [1.54, 1.807) is 19.9 Å². The van der Waals surface area contributed by atoms with Crippen molar-refractivity contribution in [3.63, 3.8) is 0 Å². The minimum absolute atomic E-state index is 0.0904. The molecule has 4 nitrogen and oxygen atoms in total. The number of aliphatic hydroxyl groups is 2. The highest BCUT2D eigenvalue weighted by Crippen LogP contribution is 2.19. The SMILES string of the molecule is C[C@H](O)CCC[C@@H]1CCC/C=C\[C@@H](O)[C@@H](C)C(=O)O1. The summed E-state index contributed by atoms with van der Waals surface area (Å²) < 4.78 is 5.48. The summed E-state index contributed by atoms with van der Waals surface area (Å²) in [6.45, 7) is 3.45. The number of carbonyl (C=O) groups is 1. The van der Waals surface area contributed by atoms with Gasteiger partial charge >= 0.3 is 5.97 Å². The minimum Gasteiger partial charge on any atom is -0.462 e. The zero-order valence-corrected chi connectivity index (χ0v) is 11.9. The van der Waals surface area contributed by atoms with E-state index in [-0.39, 0.29) is 18.2 Å². The lowest BCUT2D eigenvalue weighted by molar-refractivity contribution is -0.157. The third-order valence-electron chi connectivity index (χ3n) is 3.55. The Balaban J connectivity index is 2.52. The molecule has 0 spiro atoms. The predicted octanol–water partition coefficient (Wildman–Crippen LogP) is 2.19. The number of carbonyl (C=O) groups excluding carboxylic acids is 1. The first-order valence-electron chi connectivity index (χ1n) is 7.24. The number of cyclic esters (lactones) is 1. The van der Waals surface area contributed by atoms with Crippen molar-refractivity contribution < 1.29 is 19.7 Å². The van der Waals surface area contributed by atoms with Crippen molar-refractivity contribution >= 4 is 5.97 Å². The van der Waals surface area contributed by atoms with Crippen LogP contribution < -0.4 is 0 Å². The number of rotatable bonds is 4. The van der Waals surface area contributed by atoms with E-state index >= 15 is 0 Å². The van der Waals surface area contributed by atoms with Gasteiger partial charge in [0, 0.05) is 0 Å². The first-order chi connectivity index (χ1) is 9.00. The molecule has 0 aromatic heterocycles. The van der Waals surface area contributed by atoms with Gasteiger partial charge < -0.3 is 14.9 Å². The van der Waals surface area contributed by atoms with Gasteiger partial charge in [-0.2, -0.15) is 0 Å². The predicted molar refractivity (Wildman–Crippen MR) is 73.6 cm³/mol. The fourth-order valence-corrected chi connectivity index (χ4v) is 2.18. The van der Waals surface area contributed by atoms with Gasteiger partial charge in [0.05, 0.1) is 18.1 Å². The molecule has 0 amide bonds. The zero-order chi connectivity index (χ0) is 14.3. The number of hydrogen-bond acceptors (Lipinski definition) is 4. The van der Waals surface area contributed by atoms with Gasteiger partial charge in [-0.25, -0.2) is 0 Å². The molecular formula is C15H26O4. The summed E-state index contributed by atoms with van der Waals surface area (Å²) in [5.74, 6) is -0.852. The van der Waals surface area contributed by atoms with Crippen LogP contribution in [0, 0.1) is 5.92 Å². The molecule has 1 rings (SSSR count). The van der Waals surface area contributed by atoms with Crippen molar-refractivity contribution in [2.24, 2.45) is 5.92 Å². The molecule has 0 unspecified atom stereocenters. The Labute approximate surface area is 115 Å². The van der Waals surface area contributed by atoms with Crippen LogP contribution in [0.3, 0.4) is 0 Å². The van der Waals surface area contributed by atoms with Crippen molar-refractivity contribution in [3.8, 4) is 0 Å². The van der Waals surface area contributed by atoms with Crippen LogP contribution in [0.2, 0.25) is 0 Å². The third-order valence-corrected chi connectivity index (χ3v) is 3.55. The molecule has 0 saturated heterocycles. The summed E-state index contributed by atoms with van der Waals surface area (Å²) in [5, 5.41) is 19.0. The van der Waals surface area contributed by atoms with Crippen LogP contribution >= 0.6 is 0 Å². The molecule has 2 N–H and O–H groups in total. The maximum atomic E-state index is 11.9. The van der Waals surface area contributed by atoms with E-state index in [9.17, 15) is 15.0 Å². The lowest BCUT2D eigenvalue weighted by Gasteiger charge is -2.23. The lowest BCUT2D eigenvalue weighted by atomic mass is 10.00. The van der Waals surface area contributed by atoms with Crippen LogP contribution in [0.1, 0.15) is 52.4 Å². The molecule has 0 fully saturated rings. The highest BCUT2D eigenvalue weighted by Gasteiger charge is 2.25. The molecule has 1 aliphatic rings.